The zero-order valence-corrected chi connectivity index (χ0v) is 20.1. The Morgan fingerprint density at radius 1 is 1.00 bits per heavy atom. The van der Waals surface area contributed by atoms with E-state index in [0.717, 1.165) is 58.6 Å². The fourth-order valence-electron chi connectivity index (χ4n) is 4.56. The molecule has 4 aromatic rings. The van der Waals surface area contributed by atoms with Gasteiger partial charge in [-0.15, -0.1) is 0 Å². The minimum absolute atomic E-state index is 0.198. The van der Waals surface area contributed by atoms with E-state index in [1.165, 1.54) is 12.0 Å². The van der Waals surface area contributed by atoms with Gasteiger partial charge in [-0.05, 0) is 81.1 Å². The summed E-state index contributed by atoms with van der Waals surface area (Å²) in [6.45, 7) is 4.43. The summed E-state index contributed by atoms with van der Waals surface area (Å²) in [7, 11) is 0. The van der Waals surface area contributed by atoms with Crippen molar-refractivity contribution in [2.75, 3.05) is 11.9 Å². The molecule has 0 spiro atoms. The van der Waals surface area contributed by atoms with Crippen LogP contribution in [0, 0.1) is 0 Å². The molecule has 0 atom stereocenters. The van der Waals surface area contributed by atoms with Crippen molar-refractivity contribution in [1.82, 2.24) is 0 Å². The molecular formula is C30H29NO4. The highest BCUT2D eigenvalue weighted by atomic mass is 16.5. The number of amides is 1. The third kappa shape index (κ3) is 5.09. The number of furan rings is 1. The summed E-state index contributed by atoms with van der Waals surface area (Å²) in [5.41, 5.74) is 4.60. The highest BCUT2D eigenvalue weighted by molar-refractivity contribution is 6.04. The zero-order chi connectivity index (χ0) is 24.2. The molecule has 35 heavy (non-hydrogen) atoms. The number of anilines is 1. The molecule has 1 aliphatic carbocycles. The van der Waals surface area contributed by atoms with Gasteiger partial charge in [0.1, 0.15) is 28.6 Å². The maximum Gasteiger partial charge on any atom is 0.248 e. The Morgan fingerprint density at radius 2 is 1.74 bits per heavy atom. The molecule has 5 heteroatoms. The number of aryl methyl sites for hydroxylation is 2. The lowest BCUT2D eigenvalue weighted by atomic mass is 9.94. The Labute approximate surface area is 205 Å². The number of rotatable bonds is 7. The van der Waals surface area contributed by atoms with E-state index in [1.54, 1.807) is 6.08 Å². The van der Waals surface area contributed by atoms with Crippen molar-refractivity contribution >= 4 is 28.1 Å². The van der Waals surface area contributed by atoms with E-state index in [0.29, 0.717) is 18.0 Å². The molecule has 0 bridgehead atoms. The Balaban J connectivity index is 1.35. The molecule has 3 aromatic carbocycles. The lowest BCUT2D eigenvalue weighted by Crippen LogP contribution is -2.08. The topological polar surface area (TPSA) is 60.7 Å². The summed E-state index contributed by atoms with van der Waals surface area (Å²) in [4.78, 5) is 12.8. The molecule has 0 fully saturated rings. The minimum atomic E-state index is -0.198. The molecule has 1 amide bonds. The molecule has 5 rings (SSSR count). The summed E-state index contributed by atoms with van der Waals surface area (Å²) >= 11 is 0. The summed E-state index contributed by atoms with van der Waals surface area (Å²) in [5, 5.41) is 4.06. The molecule has 1 aliphatic rings. The highest BCUT2D eigenvalue weighted by Crippen LogP contribution is 2.38. The maximum atomic E-state index is 12.8. The van der Waals surface area contributed by atoms with Crippen LogP contribution < -0.4 is 14.8 Å². The standard InChI is InChI=1S/C30H29NO4/c1-3-33-28-19-29-26(24-11-7-8-12-27(24)35-29)18-25(28)20(2)17-30(32)31-21-13-15-23(16-14-21)34-22-9-5-4-6-10-22/h4-6,9-10,13-19H,3,7-8,11-12H2,1-2H3,(H,31,32)/b20-17+. The first-order valence-electron chi connectivity index (χ1n) is 12.1. The predicted molar refractivity (Wildman–Crippen MR) is 139 cm³/mol. The summed E-state index contributed by atoms with van der Waals surface area (Å²) in [6.07, 6.45) is 5.97. The molecule has 1 heterocycles. The van der Waals surface area contributed by atoms with E-state index >= 15 is 0 Å². The second-order valence-electron chi connectivity index (χ2n) is 8.74. The molecule has 1 aromatic heterocycles. The first-order valence-corrected chi connectivity index (χ1v) is 12.1. The van der Waals surface area contributed by atoms with Crippen LogP contribution >= 0.6 is 0 Å². The number of carbonyl (C=O) groups is 1. The van der Waals surface area contributed by atoms with Crippen molar-refractivity contribution in [3.8, 4) is 17.2 Å². The number of ether oxygens (including phenoxy) is 2. The molecule has 1 N–H and O–H groups in total. The van der Waals surface area contributed by atoms with Crippen LogP contribution in [0.3, 0.4) is 0 Å². The summed E-state index contributed by atoms with van der Waals surface area (Å²) < 4.78 is 17.9. The second kappa shape index (κ2) is 10.1. The van der Waals surface area contributed by atoms with Gasteiger partial charge in [0, 0.05) is 40.8 Å². The molecule has 178 valence electrons. The third-order valence-electron chi connectivity index (χ3n) is 6.23. The van der Waals surface area contributed by atoms with Gasteiger partial charge in [-0.2, -0.15) is 0 Å². The molecule has 0 radical (unpaired) electrons. The number of benzene rings is 3. The van der Waals surface area contributed by atoms with Crippen molar-refractivity contribution in [2.45, 2.75) is 39.5 Å². The lowest BCUT2D eigenvalue weighted by molar-refractivity contribution is -0.111. The van der Waals surface area contributed by atoms with Crippen molar-refractivity contribution < 1.29 is 18.7 Å². The maximum absolute atomic E-state index is 12.8. The molecule has 0 aliphatic heterocycles. The highest BCUT2D eigenvalue weighted by Gasteiger charge is 2.20. The molecular weight excluding hydrogens is 438 g/mol. The largest absolute Gasteiger partial charge is 0.493 e. The van der Waals surface area contributed by atoms with Crippen LogP contribution in [0.15, 0.2) is 77.2 Å². The number of nitrogens with one attached hydrogen (secondary N) is 1. The fourth-order valence-corrected chi connectivity index (χ4v) is 4.56. The van der Waals surface area contributed by atoms with Gasteiger partial charge in [0.25, 0.3) is 0 Å². The van der Waals surface area contributed by atoms with E-state index in [2.05, 4.69) is 11.4 Å². The van der Waals surface area contributed by atoms with E-state index < -0.39 is 0 Å². The smallest absolute Gasteiger partial charge is 0.248 e. The van der Waals surface area contributed by atoms with Crippen LogP contribution in [-0.2, 0) is 17.6 Å². The van der Waals surface area contributed by atoms with E-state index in [1.807, 2.05) is 74.5 Å². The van der Waals surface area contributed by atoms with Crippen molar-refractivity contribution in [2.24, 2.45) is 0 Å². The van der Waals surface area contributed by atoms with Crippen molar-refractivity contribution in [3.63, 3.8) is 0 Å². The van der Waals surface area contributed by atoms with Gasteiger partial charge < -0.3 is 19.2 Å². The van der Waals surface area contributed by atoms with Gasteiger partial charge in [-0.25, -0.2) is 0 Å². The second-order valence-corrected chi connectivity index (χ2v) is 8.74. The molecule has 0 saturated carbocycles. The summed E-state index contributed by atoms with van der Waals surface area (Å²) in [6, 6.07) is 21.0. The minimum Gasteiger partial charge on any atom is -0.493 e. The van der Waals surface area contributed by atoms with Gasteiger partial charge in [0.05, 0.1) is 6.61 Å². The predicted octanol–water partition coefficient (Wildman–Crippen LogP) is 7.54. The first-order chi connectivity index (χ1) is 17.1. The normalized spacial score (nSPS) is 13.4. The number of fused-ring (bicyclic) bond motifs is 3. The number of allylic oxidation sites excluding steroid dienone is 1. The van der Waals surface area contributed by atoms with Crippen LogP contribution in [0.4, 0.5) is 5.69 Å². The van der Waals surface area contributed by atoms with Crippen LogP contribution in [0.25, 0.3) is 16.5 Å². The van der Waals surface area contributed by atoms with E-state index in [9.17, 15) is 4.79 Å². The molecule has 5 nitrogen and oxygen atoms in total. The Hall–Kier alpha value is -3.99. The lowest BCUT2D eigenvalue weighted by Gasteiger charge is -2.12. The molecule has 0 unspecified atom stereocenters. The van der Waals surface area contributed by atoms with Crippen LogP contribution in [0.5, 0.6) is 17.2 Å². The van der Waals surface area contributed by atoms with E-state index in [-0.39, 0.29) is 5.91 Å². The van der Waals surface area contributed by atoms with Gasteiger partial charge in [0.15, 0.2) is 0 Å². The number of hydrogen-bond donors (Lipinski definition) is 1. The Bertz CT molecular complexity index is 1370. The number of hydrogen-bond acceptors (Lipinski definition) is 4. The average Bonchev–Trinajstić information content (AvgIpc) is 3.23. The quantitative estimate of drug-likeness (QED) is 0.285. The van der Waals surface area contributed by atoms with Crippen molar-refractivity contribution in [1.29, 1.82) is 0 Å². The van der Waals surface area contributed by atoms with Crippen LogP contribution in [0.2, 0.25) is 0 Å². The fraction of sp³-hybridized carbons (Fsp3) is 0.233. The van der Waals surface area contributed by atoms with Crippen LogP contribution in [0.1, 0.15) is 43.6 Å². The van der Waals surface area contributed by atoms with E-state index in [4.69, 9.17) is 13.9 Å². The Morgan fingerprint density at radius 3 is 2.51 bits per heavy atom. The first kappa shape index (κ1) is 22.8. The number of carbonyl (C=O) groups excluding carboxylic acids is 1. The van der Waals surface area contributed by atoms with Gasteiger partial charge in [0.2, 0.25) is 5.91 Å². The SMILES string of the molecule is CCOc1cc2oc3c(c2cc1/C(C)=C/C(=O)Nc1ccc(Oc2ccccc2)cc1)CCCC3. The third-order valence-corrected chi connectivity index (χ3v) is 6.23. The van der Waals surface area contributed by atoms with Crippen LogP contribution in [-0.4, -0.2) is 12.5 Å². The Kier molecular flexibility index (Phi) is 6.57. The summed E-state index contributed by atoms with van der Waals surface area (Å²) in [5.74, 6) is 3.10. The van der Waals surface area contributed by atoms with Gasteiger partial charge in [-0.1, -0.05) is 18.2 Å². The average molecular weight is 468 g/mol. The zero-order valence-electron chi connectivity index (χ0n) is 20.1. The van der Waals surface area contributed by atoms with Gasteiger partial charge in [-0.3, -0.25) is 4.79 Å². The number of para-hydroxylation sites is 1. The monoisotopic (exact) mass is 467 g/mol. The van der Waals surface area contributed by atoms with Gasteiger partial charge >= 0.3 is 0 Å². The molecule has 0 saturated heterocycles. The van der Waals surface area contributed by atoms with Crippen molar-refractivity contribution in [3.05, 3.63) is 89.7 Å².